The van der Waals surface area contributed by atoms with Gasteiger partial charge in [-0.3, -0.25) is 10.1 Å². The van der Waals surface area contributed by atoms with Crippen LogP contribution in [-0.4, -0.2) is 30.8 Å². The summed E-state index contributed by atoms with van der Waals surface area (Å²) in [6.45, 7) is 5.72. The van der Waals surface area contributed by atoms with Gasteiger partial charge in [0.25, 0.3) is 5.91 Å². The number of aromatic nitrogens is 4. The molecule has 0 spiro atoms. The monoisotopic (exact) mass is 456 g/mol. The van der Waals surface area contributed by atoms with Crippen molar-refractivity contribution < 1.29 is 4.79 Å². The number of carbonyl (C=O) groups is 1. The van der Waals surface area contributed by atoms with Crippen LogP contribution in [0.4, 0.5) is 5.69 Å². The van der Waals surface area contributed by atoms with E-state index in [9.17, 15) is 4.79 Å². The third-order valence-electron chi connectivity index (χ3n) is 4.48. The van der Waals surface area contributed by atoms with Gasteiger partial charge in [0.1, 0.15) is 5.01 Å². The van der Waals surface area contributed by atoms with Gasteiger partial charge in [-0.15, -0.1) is 10.2 Å². The van der Waals surface area contributed by atoms with Crippen LogP contribution in [0.15, 0.2) is 36.4 Å². The molecule has 152 valence electrons. The lowest BCUT2D eigenvalue weighted by Crippen LogP contribution is -2.34. The van der Waals surface area contributed by atoms with Crippen molar-refractivity contribution in [2.45, 2.75) is 20.8 Å². The summed E-state index contributed by atoms with van der Waals surface area (Å²) < 4.78 is 1.71. The maximum absolute atomic E-state index is 12.5. The number of rotatable bonds is 3. The van der Waals surface area contributed by atoms with Crippen molar-refractivity contribution in [3.8, 4) is 10.6 Å². The molecule has 10 heteroatoms. The van der Waals surface area contributed by atoms with E-state index in [1.165, 1.54) is 11.3 Å². The second kappa shape index (κ2) is 8.10. The first kappa shape index (κ1) is 20.4. The molecule has 0 aliphatic heterocycles. The number of thiocarbonyl (C=S) groups is 1. The minimum Gasteiger partial charge on any atom is -0.332 e. The van der Waals surface area contributed by atoms with Gasteiger partial charge in [0.2, 0.25) is 4.96 Å². The van der Waals surface area contributed by atoms with Crippen molar-refractivity contribution in [3.63, 3.8) is 0 Å². The fourth-order valence-corrected chi connectivity index (χ4v) is 4.25. The third kappa shape index (κ3) is 4.04. The van der Waals surface area contributed by atoms with Crippen LogP contribution in [0.1, 0.15) is 27.3 Å². The average Bonchev–Trinajstić information content (AvgIpc) is 3.25. The van der Waals surface area contributed by atoms with Gasteiger partial charge in [-0.2, -0.15) is 9.61 Å². The molecule has 2 heterocycles. The Morgan fingerprint density at radius 2 is 1.93 bits per heavy atom. The van der Waals surface area contributed by atoms with Crippen LogP contribution in [0, 0.1) is 20.8 Å². The number of halogens is 1. The predicted octanol–water partition coefficient (Wildman–Crippen LogP) is 4.56. The number of aryl methyl sites for hydroxylation is 3. The van der Waals surface area contributed by atoms with Crippen molar-refractivity contribution in [2.75, 3.05) is 5.32 Å². The topological polar surface area (TPSA) is 84.2 Å². The molecular weight excluding hydrogens is 440 g/mol. The Labute approximate surface area is 187 Å². The van der Waals surface area contributed by atoms with Crippen molar-refractivity contribution in [2.24, 2.45) is 0 Å². The summed E-state index contributed by atoms with van der Waals surface area (Å²) in [5.41, 5.74) is 4.00. The number of fused-ring (bicyclic) bond motifs is 1. The van der Waals surface area contributed by atoms with Crippen LogP contribution in [-0.2, 0) is 0 Å². The van der Waals surface area contributed by atoms with Crippen molar-refractivity contribution in [3.05, 3.63) is 63.9 Å². The van der Waals surface area contributed by atoms with Crippen molar-refractivity contribution in [1.29, 1.82) is 0 Å². The second-order valence-corrected chi connectivity index (χ2v) is 8.54. The minimum atomic E-state index is -0.365. The van der Waals surface area contributed by atoms with Crippen LogP contribution in [0.25, 0.3) is 15.5 Å². The van der Waals surface area contributed by atoms with E-state index in [0.717, 1.165) is 38.2 Å². The lowest BCUT2D eigenvalue weighted by molar-refractivity contribution is 0.0978. The average molecular weight is 457 g/mol. The first-order chi connectivity index (χ1) is 14.3. The molecule has 0 aliphatic carbocycles. The second-order valence-electron chi connectivity index (χ2n) is 6.77. The molecule has 0 aliphatic rings. The number of carbonyl (C=O) groups excluding carboxylic acids is 1. The van der Waals surface area contributed by atoms with E-state index in [-0.39, 0.29) is 11.0 Å². The van der Waals surface area contributed by atoms with Gasteiger partial charge >= 0.3 is 0 Å². The highest BCUT2D eigenvalue weighted by Crippen LogP contribution is 2.29. The number of nitrogens with zero attached hydrogens (tertiary/aromatic N) is 4. The van der Waals surface area contributed by atoms with Gasteiger partial charge in [0.05, 0.1) is 10.6 Å². The molecule has 2 aromatic heterocycles. The van der Waals surface area contributed by atoms with Gasteiger partial charge in [-0.05, 0) is 62.3 Å². The van der Waals surface area contributed by atoms with E-state index in [2.05, 4.69) is 25.9 Å². The summed E-state index contributed by atoms with van der Waals surface area (Å²) in [5.74, 6) is 0.368. The zero-order valence-electron chi connectivity index (χ0n) is 16.4. The third-order valence-corrected chi connectivity index (χ3v) is 5.94. The van der Waals surface area contributed by atoms with Gasteiger partial charge < -0.3 is 5.32 Å². The molecule has 0 radical (unpaired) electrons. The van der Waals surface area contributed by atoms with Gasteiger partial charge in [-0.25, -0.2) is 0 Å². The van der Waals surface area contributed by atoms with Crippen LogP contribution >= 0.6 is 35.2 Å². The molecule has 0 bridgehead atoms. The largest absolute Gasteiger partial charge is 0.332 e. The zero-order chi connectivity index (χ0) is 21.4. The Kier molecular flexibility index (Phi) is 5.50. The normalized spacial score (nSPS) is 10.9. The summed E-state index contributed by atoms with van der Waals surface area (Å²) in [5, 5.41) is 19.8. The number of hydrogen-bond donors (Lipinski definition) is 2. The summed E-state index contributed by atoms with van der Waals surface area (Å²) in [4.78, 5) is 13.2. The van der Waals surface area contributed by atoms with Gasteiger partial charge in [-0.1, -0.05) is 41.1 Å². The Morgan fingerprint density at radius 1 is 1.13 bits per heavy atom. The highest BCUT2D eigenvalue weighted by Gasteiger charge is 2.14. The quantitative estimate of drug-likeness (QED) is 0.440. The first-order valence-corrected chi connectivity index (χ1v) is 10.6. The molecule has 1 amide bonds. The molecular formula is C20H17ClN6OS2. The van der Waals surface area contributed by atoms with Crippen LogP contribution < -0.4 is 10.6 Å². The minimum absolute atomic E-state index is 0.186. The van der Waals surface area contributed by atoms with E-state index in [4.69, 9.17) is 23.8 Å². The molecule has 0 fully saturated rings. The number of nitrogens with one attached hydrogen (secondary N) is 2. The summed E-state index contributed by atoms with van der Waals surface area (Å²) in [6, 6.07) is 11.1. The molecule has 30 heavy (non-hydrogen) atoms. The summed E-state index contributed by atoms with van der Waals surface area (Å²) >= 11 is 13.0. The first-order valence-electron chi connectivity index (χ1n) is 9.00. The molecule has 2 N–H and O–H groups in total. The molecule has 0 atom stereocenters. The fraction of sp³-hybridized carbons (Fsp3) is 0.150. The summed E-state index contributed by atoms with van der Waals surface area (Å²) in [6.07, 6.45) is 0. The van der Waals surface area contributed by atoms with E-state index in [1.54, 1.807) is 16.6 Å². The highest BCUT2D eigenvalue weighted by molar-refractivity contribution is 7.80. The van der Waals surface area contributed by atoms with Crippen molar-refractivity contribution in [1.82, 2.24) is 25.1 Å². The Morgan fingerprint density at radius 3 is 2.67 bits per heavy atom. The lowest BCUT2D eigenvalue weighted by Gasteiger charge is -2.13. The number of anilines is 1. The van der Waals surface area contributed by atoms with Crippen LogP contribution in [0.2, 0.25) is 5.02 Å². The van der Waals surface area contributed by atoms with E-state index in [1.807, 2.05) is 45.0 Å². The molecule has 0 saturated heterocycles. The van der Waals surface area contributed by atoms with Crippen molar-refractivity contribution >= 4 is 56.8 Å². The Hall–Kier alpha value is -2.88. The van der Waals surface area contributed by atoms with Gasteiger partial charge in [0.15, 0.2) is 10.9 Å². The van der Waals surface area contributed by atoms with E-state index < -0.39 is 0 Å². The predicted molar refractivity (Wildman–Crippen MR) is 123 cm³/mol. The van der Waals surface area contributed by atoms with E-state index >= 15 is 0 Å². The Bertz CT molecular complexity index is 1300. The standard InChI is InChI=1S/C20H17ClN6OS2/c1-10-4-7-14(15(21)8-10)17(28)23-19(29)22-16-9-13(6-5-11(16)2)18-26-27-12(3)24-25-20(27)30-18/h4-9H,1-3H3,(H2,22,23,28,29). The smallest absolute Gasteiger partial charge is 0.258 e. The Balaban J connectivity index is 1.53. The molecule has 4 rings (SSSR count). The molecule has 0 saturated carbocycles. The fourth-order valence-electron chi connectivity index (χ4n) is 2.85. The molecule has 7 nitrogen and oxygen atoms in total. The maximum atomic E-state index is 12.5. The molecule has 2 aromatic carbocycles. The van der Waals surface area contributed by atoms with Gasteiger partial charge in [0, 0.05) is 11.3 Å². The lowest BCUT2D eigenvalue weighted by atomic mass is 10.1. The maximum Gasteiger partial charge on any atom is 0.258 e. The number of hydrogen-bond acceptors (Lipinski definition) is 6. The molecule has 0 unspecified atom stereocenters. The van der Waals surface area contributed by atoms with Crippen LogP contribution in [0.5, 0.6) is 0 Å². The van der Waals surface area contributed by atoms with E-state index in [0.29, 0.717) is 10.6 Å². The number of amides is 1. The SMILES string of the molecule is Cc1ccc(C(=O)NC(=S)Nc2cc(-c3nn4c(C)nnc4s3)ccc2C)c(Cl)c1. The zero-order valence-corrected chi connectivity index (χ0v) is 18.7. The molecule has 4 aromatic rings. The van der Waals surface area contributed by atoms with Crippen LogP contribution in [0.3, 0.4) is 0 Å². The summed E-state index contributed by atoms with van der Waals surface area (Å²) in [7, 11) is 0. The highest BCUT2D eigenvalue weighted by atomic mass is 35.5. The number of benzene rings is 2.